The number of hydrogen-bond donors (Lipinski definition) is 0. The number of likely N-dealkylation sites (N-methyl/N-ethyl adjacent to an activating group) is 1. The first-order chi connectivity index (χ1) is 10.9. The first-order valence-electron chi connectivity index (χ1n) is 6.75. The molecule has 0 fully saturated rings. The zero-order valence-electron chi connectivity index (χ0n) is 12.6. The van der Waals surface area contributed by atoms with Gasteiger partial charge in [-0.05, 0) is 12.1 Å². The number of nitrogens with zero attached hydrogens (tertiary/aromatic N) is 2. The van der Waals surface area contributed by atoms with E-state index >= 15 is 0 Å². The van der Waals surface area contributed by atoms with Gasteiger partial charge >= 0.3 is 5.97 Å². The molecular formula is C14H15N2O6S-. The summed E-state index contributed by atoms with van der Waals surface area (Å²) in [5.41, 5.74) is 0.677. The van der Waals surface area contributed by atoms with E-state index in [4.69, 9.17) is 4.74 Å². The van der Waals surface area contributed by atoms with Crippen molar-refractivity contribution >= 4 is 34.1 Å². The maximum Gasteiger partial charge on any atom is 0.310 e. The first-order valence-corrected chi connectivity index (χ1v) is 7.75. The molecule has 1 heterocycles. The van der Waals surface area contributed by atoms with E-state index in [9.17, 15) is 18.4 Å². The lowest BCUT2D eigenvalue weighted by Gasteiger charge is -2.17. The van der Waals surface area contributed by atoms with Crippen molar-refractivity contribution in [3.8, 4) is 5.75 Å². The minimum atomic E-state index is -2.83. The van der Waals surface area contributed by atoms with Crippen molar-refractivity contribution in [1.82, 2.24) is 9.63 Å². The van der Waals surface area contributed by atoms with Crippen LogP contribution in [0.4, 0.5) is 0 Å². The van der Waals surface area contributed by atoms with Crippen LogP contribution in [0.25, 0.3) is 10.9 Å². The smallest absolute Gasteiger partial charge is 0.310 e. The number of amides is 1. The van der Waals surface area contributed by atoms with Gasteiger partial charge in [0.1, 0.15) is 17.9 Å². The van der Waals surface area contributed by atoms with E-state index in [1.54, 1.807) is 35.8 Å². The number of carbonyl (C=O) groups excluding carboxylic acids is 2. The van der Waals surface area contributed by atoms with Crippen LogP contribution in [0, 0.1) is 0 Å². The quantitative estimate of drug-likeness (QED) is 0.444. The Morgan fingerprint density at radius 1 is 1.35 bits per heavy atom. The number of esters is 1. The van der Waals surface area contributed by atoms with Crippen molar-refractivity contribution < 1.29 is 27.4 Å². The third kappa shape index (κ3) is 4.15. The number of rotatable bonds is 6. The lowest BCUT2D eigenvalue weighted by Crippen LogP contribution is -2.30. The lowest BCUT2D eigenvalue weighted by molar-refractivity contribution is -0.152. The number of aromatic nitrogens is 1. The van der Waals surface area contributed by atoms with Gasteiger partial charge in [0.2, 0.25) is 0 Å². The average Bonchev–Trinajstić information content (AvgIpc) is 2.84. The number of fused-ring (bicyclic) bond motifs is 1. The molecular weight excluding hydrogens is 324 g/mol. The molecule has 0 spiro atoms. The van der Waals surface area contributed by atoms with E-state index in [1.807, 2.05) is 0 Å². The second-order valence-corrected chi connectivity index (χ2v) is 5.19. The van der Waals surface area contributed by atoms with Crippen LogP contribution in [-0.2, 0) is 31.8 Å². The molecule has 9 heteroatoms. The maximum absolute atomic E-state index is 12.0. The van der Waals surface area contributed by atoms with Gasteiger partial charge in [0.05, 0.1) is 5.52 Å². The van der Waals surface area contributed by atoms with Crippen LogP contribution in [0.5, 0.6) is 5.75 Å². The SMILES string of the molecule is CCC(=O)Oc1cn(CC(=O)N(C)OS(=O)[O-])c2ccccc12. The molecule has 2 aromatic rings. The Morgan fingerprint density at radius 2 is 2.04 bits per heavy atom. The van der Waals surface area contributed by atoms with Gasteiger partial charge in [-0.2, -0.15) is 4.28 Å². The van der Waals surface area contributed by atoms with Crippen molar-refractivity contribution in [3.63, 3.8) is 0 Å². The van der Waals surface area contributed by atoms with E-state index in [0.717, 1.165) is 0 Å². The second-order valence-electron chi connectivity index (χ2n) is 4.64. The summed E-state index contributed by atoms with van der Waals surface area (Å²) in [6.45, 7) is 1.51. The Balaban J connectivity index is 2.28. The molecule has 0 aliphatic carbocycles. The van der Waals surface area contributed by atoms with Crippen LogP contribution in [0.2, 0.25) is 0 Å². The highest BCUT2D eigenvalue weighted by Crippen LogP contribution is 2.28. The Hall–Kier alpha value is -2.23. The third-order valence-corrected chi connectivity index (χ3v) is 3.44. The molecule has 1 atom stereocenters. The zero-order chi connectivity index (χ0) is 17.0. The Morgan fingerprint density at radius 3 is 2.70 bits per heavy atom. The highest BCUT2D eigenvalue weighted by molar-refractivity contribution is 7.74. The molecule has 0 bridgehead atoms. The molecule has 8 nitrogen and oxygen atoms in total. The molecule has 2 rings (SSSR count). The van der Waals surface area contributed by atoms with Crippen LogP contribution < -0.4 is 4.74 Å². The minimum Gasteiger partial charge on any atom is -0.748 e. The largest absolute Gasteiger partial charge is 0.748 e. The molecule has 1 unspecified atom stereocenters. The highest BCUT2D eigenvalue weighted by atomic mass is 32.2. The molecule has 0 N–H and O–H groups in total. The van der Waals surface area contributed by atoms with Gasteiger partial charge in [0, 0.05) is 25.1 Å². The van der Waals surface area contributed by atoms with E-state index in [0.29, 0.717) is 21.7 Å². The summed E-state index contributed by atoms with van der Waals surface area (Å²) in [6.07, 6.45) is 1.75. The van der Waals surface area contributed by atoms with Gasteiger partial charge in [0.25, 0.3) is 5.91 Å². The van der Waals surface area contributed by atoms with E-state index < -0.39 is 17.3 Å². The molecule has 23 heavy (non-hydrogen) atoms. The molecule has 1 aromatic carbocycles. The monoisotopic (exact) mass is 339 g/mol. The fraction of sp³-hybridized carbons (Fsp3) is 0.286. The van der Waals surface area contributed by atoms with E-state index in [2.05, 4.69) is 4.28 Å². The molecule has 1 aromatic heterocycles. The van der Waals surface area contributed by atoms with Gasteiger partial charge in [-0.3, -0.25) is 9.59 Å². The van der Waals surface area contributed by atoms with Crippen LogP contribution in [0.3, 0.4) is 0 Å². The van der Waals surface area contributed by atoms with Gasteiger partial charge in [0.15, 0.2) is 5.75 Å². The first kappa shape index (κ1) is 17.1. The molecule has 0 saturated heterocycles. The van der Waals surface area contributed by atoms with Crippen molar-refractivity contribution in [2.75, 3.05) is 7.05 Å². The minimum absolute atomic E-state index is 0.169. The normalized spacial score (nSPS) is 12.1. The maximum atomic E-state index is 12.0. The predicted molar refractivity (Wildman–Crippen MR) is 80.6 cm³/mol. The summed E-state index contributed by atoms with van der Waals surface area (Å²) in [6, 6.07) is 7.09. The predicted octanol–water partition coefficient (Wildman–Crippen LogP) is 1.14. The standard InChI is InChI=1S/C14H16N2O6S/c1-3-14(18)21-12-8-16(11-7-5-4-6-10(11)12)9-13(17)15(2)22-23(19)20/h4-8H,3,9H2,1-2H3,(H,19,20)/p-1. The second kappa shape index (κ2) is 7.36. The summed E-state index contributed by atoms with van der Waals surface area (Å²) < 4.78 is 32.0. The lowest BCUT2D eigenvalue weighted by atomic mass is 10.2. The summed E-state index contributed by atoms with van der Waals surface area (Å²) in [5.74, 6) is -0.624. The summed E-state index contributed by atoms with van der Waals surface area (Å²) in [5, 5.41) is 1.30. The van der Waals surface area contributed by atoms with Crippen molar-refractivity contribution in [3.05, 3.63) is 30.5 Å². The molecule has 1 amide bonds. The molecule has 0 aliphatic rings. The Kier molecular flexibility index (Phi) is 5.48. The van der Waals surface area contributed by atoms with Crippen LogP contribution in [0.15, 0.2) is 30.5 Å². The molecule has 0 radical (unpaired) electrons. The van der Waals surface area contributed by atoms with Crippen LogP contribution >= 0.6 is 0 Å². The Bertz CT molecular complexity index is 757. The summed E-state index contributed by atoms with van der Waals surface area (Å²) in [7, 11) is 1.20. The number of para-hydroxylation sites is 1. The summed E-state index contributed by atoms with van der Waals surface area (Å²) >= 11 is -2.83. The van der Waals surface area contributed by atoms with Crippen LogP contribution in [-0.4, -0.2) is 37.3 Å². The number of ether oxygens (including phenoxy) is 1. The number of carbonyl (C=O) groups is 2. The Labute approximate surface area is 135 Å². The van der Waals surface area contributed by atoms with E-state index in [-0.39, 0.29) is 18.9 Å². The zero-order valence-corrected chi connectivity index (χ0v) is 13.4. The van der Waals surface area contributed by atoms with Crippen molar-refractivity contribution in [1.29, 1.82) is 0 Å². The molecule has 0 saturated carbocycles. The van der Waals surface area contributed by atoms with Gasteiger partial charge in [-0.15, -0.1) is 0 Å². The van der Waals surface area contributed by atoms with Gasteiger partial charge < -0.3 is 13.9 Å². The summed E-state index contributed by atoms with van der Waals surface area (Å²) in [4.78, 5) is 23.5. The molecule has 0 aliphatic heterocycles. The highest BCUT2D eigenvalue weighted by Gasteiger charge is 2.16. The third-order valence-electron chi connectivity index (χ3n) is 3.09. The van der Waals surface area contributed by atoms with E-state index in [1.165, 1.54) is 13.2 Å². The molecule has 124 valence electrons. The number of hydrogen-bond acceptors (Lipinski definition) is 6. The van der Waals surface area contributed by atoms with Crippen LogP contribution in [0.1, 0.15) is 13.3 Å². The van der Waals surface area contributed by atoms with Gasteiger partial charge in [-0.1, -0.05) is 19.1 Å². The fourth-order valence-electron chi connectivity index (χ4n) is 2.00. The topological polar surface area (TPSA) is 101 Å². The average molecular weight is 339 g/mol. The van der Waals surface area contributed by atoms with Crippen molar-refractivity contribution in [2.24, 2.45) is 0 Å². The number of hydroxylamine groups is 2. The number of benzene rings is 1. The van der Waals surface area contributed by atoms with Crippen molar-refractivity contribution in [2.45, 2.75) is 19.9 Å². The fourth-order valence-corrected chi connectivity index (χ4v) is 2.26. The van der Waals surface area contributed by atoms with Gasteiger partial charge in [-0.25, -0.2) is 9.27 Å².